The minimum Gasteiger partial charge on any atom is -0.497 e. The molecule has 138 valence electrons. The Kier molecular flexibility index (Phi) is 6.60. The van der Waals surface area contributed by atoms with Gasteiger partial charge in [-0.3, -0.25) is 4.79 Å². The number of carboxylic acids is 1. The zero-order valence-electron chi connectivity index (χ0n) is 15.1. The van der Waals surface area contributed by atoms with E-state index in [0.717, 1.165) is 5.56 Å². The number of rotatable bonds is 8. The predicted molar refractivity (Wildman–Crippen MR) is 97.5 cm³/mol. The number of hydrogen-bond acceptors (Lipinski definition) is 4. The first-order chi connectivity index (χ1) is 12.4. The van der Waals surface area contributed by atoms with Gasteiger partial charge in [0.05, 0.1) is 7.11 Å². The molecule has 0 aromatic heterocycles. The van der Waals surface area contributed by atoms with E-state index in [0.29, 0.717) is 23.0 Å². The van der Waals surface area contributed by atoms with Crippen LogP contribution in [0, 0.1) is 0 Å². The molecule has 0 saturated carbocycles. The van der Waals surface area contributed by atoms with Crippen LogP contribution in [0.5, 0.6) is 11.5 Å². The first-order valence-corrected chi connectivity index (χ1v) is 8.29. The third-order valence-electron chi connectivity index (χ3n) is 3.90. The molecule has 0 spiro atoms. The lowest BCUT2D eigenvalue weighted by molar-refractivity contribution is -0.142. The van der Waals surface area contributed by atoms with Crippen molar-refractivity contribution in [3.8, 4) is 11.5 Å². The fraction of sp³-hybridized carbons (Fsp3) is 0.300. The van der Waals surface area contributed by atoms with Crippen molar-refractivity contribution in [3.05, 3.63) is 59.7 Å². The van der Waals surface area contributed by atoms with E-state index in [1.165, 1.54) is 7.11 Å². The summed E-state index contributed by atoms with van der Waals surface area (Å²) >= 11 is 0. The number of methoxy groups -OCH3 is 1. The van der Waals surface area contributed by atoms with E-state index < -0.39 is 17.9 Å². The van der Waals surface area contributed by atoms with E-state index in [9.17, 15) is 14.7 Å². The maximum Gasteiger partial charge on any atom is 0.330 e. The third kappa shape index (κ3) is 5.24. The summed E-state index contributed by atoms with van der Waals surface area (Å²) < 4.78 is 10.5. The fourth-order valence-corrected chi connectivity index (χ4v) is 2.40. The second-order valence-electron chi connectivity index (χ2n) is 6.13. The molecular weight excluding hydrogens is 334 g/mol. The van der Waals surface area contributed by atoms with Crippen LogP contribution in [-0.2, 0) is 9.59 Å². The molecule has 0 fully saturated rings. The van der Waals surface area contributed by atoms with Crippen LogP contribution in [0.2, 0.25) is 0 Å². The van der Waals surface area contributed by atoms with E-state index in [1.807, 2.05) is 18.2 Å². The molecule has 2 aromatic rings. The SMILES string of the molecule is COc1ccc(C(NC(=O)COc2cccc(C(C)C)c2)C(=O)O)cc1. The van der Waals surface area contributed by atoms with Crippen LogP contribution < -0.4 is 14.8 Å². The van der Waals surface area contributed by atoms with Crippen LogP contribution >= 0.6 is 0 Å². The Bertz CT molecular complexity index is 755. The number of carbonyl (C=O) groups is 2. The number of amides is 1. The van der Waals surface area contributed by atoms with Crippen molar-refractivity contribution >= 4 is 11.9 Å². The van der Waals surface area contributed by atoms with Crippen molar-refractivity contribution < 1.29 is 24.2 Å². The maximum absolute atomic E-state index is 12.1. The van der Waals surface area contributed by atoms with Crippen LogP contribution in [0.25, 0.3) is 0 Å². The van der Waals surface area contributed by atoms with Gasteiger partial charge in [-0.2, -0.15) is 0 Å². The highest BCUT2D eigenvalue weighted by atomic mass is 16.5. The minimum atomic E-state index is -1.15. The maximum atomic E-state index is 12.1. The first kappa shape index (κ1) is 19.3. The second-order valence-corrected chi connectivity index (χ2v) is 6.13. The molecule has 0 radical (unpaired) electrons. The molecule has 0 aliphatic rings. The summed E-state index contributed by atoms with van der Waals surface area (Å²) in [6.07, 6.45) is 0. The number of nitrogens with one attached hydrogen (secondary N) is 1. The lowest BCUT2D eigenvalue weighted by Gasteiger charge is -2.16. The lowest BCUT2D eigenvalue weighted by Crippen LogP contribution is -2.36. The summed E-state index contributed by atoms with van der Waals surface area (Å²) in [5.41, 5.74) is 1.55. The highest BCUT2D eigenvalue weighted by Crippen LogP contribution is 2.20. The van der Waals surface area contributed by atoms with E-state index in [2.05, 4.69) is 19.2 Å². The summed E-state index contributed by atoms with van der Waals surface area (Å²) in [4.78, 5) is 23.6. The molecule has 0 bridgehead atoms. The summed E-state index contributed by atoms with van der Waals surface area (Å²) in [5.74, 6) is -0.132. The summed E-state index contributed by atoms with van der Waals surface area (Å²) in [5, 5.41) is 11.9. The average Bonchev–Trinajstić information content (AvgIpc) is 2.64. The van der Waals surface area contributed by atoms with E-state index >= 15 is 0 Å². The molecule has 1 atom stereocenters. The monoisotopic (exact) mass is 357 g/mol. The molecule has 1 amide bonds. The molecule has 6 heteroatoms. The van der Waals surface area contributed by atoms with Gasteiger partial charge in [-0.05, 0) is 41.3 Å². The highest BCUT2D eigenvalue weighted by Gasteiger charge is 2.22. The van der Waals surface area contributed by atoms with Crippen molar-refractivity contribution in [2.45, 2.75) is 25.8 Å². The van der Waals surface area contributed by atoms with Gasteiger partial charge in [0.15, 0.2) is 12.6 Å². The topological polar surface area (TPSA) is 84.9 Å². The zero-order valence-corrected chi connectivity index (χ0v) is 15.1. The number of benzene rings is 2. The Morgan fingerprint density at radius 1 is 1.04 bits per heavy atom. The van der Waals surface area contributed by atoms with Gasteiger partial charge in [0.1, 0.15) is 11.5 Å². The summed E-state index contributed by atoms with van der Waals surface area (Å²) in [6, 6.07) is 12.8. The third-order valence-corrected chi connectivity index (χ3v) is 3.90. The molecule has 1 unspecified atom stereocenters. The van der Waals surface area contributed by atoms with Crippen molar-refractivity contribution in [1.82, 2.24) is 5.32 Å². The van der Waals surface area contributed by atoms with Crippen molar-refractivity contribution in [2.24, 2.45) is 0 Å². The van der Waals surface area contributed by atoms with E-state index in [1.54, 1.807) is 30.3 Å². The van der Waals surface area contributed by atoms with Crippen LogP contribution in [0.4, 0.5) is 0 Å². The van der Waals surface area contributed by atoms with Crippen LogP contribution in [0.3, 0.4) is 0 Å². The lowest BCUT2D eigenvalue weighted by atomic mass is 10.0. The minimum absolute atomic E-state index is 0.262. The molecule has 2 N–H and O–H groups in total. The molecule has 2 rings (SSSR count). The van der Waals surface area contributed by atoms with Gasteiger partial charge in [0, 0.05) is 0 Å². The number of ether oxygens (including phenoxy) is 2. The molecule has 0 aliphatic carbocycles. The Hall–Kier alpha value is -3.02. The quantitative estimate of drug-likeness (QED) is 0.758. The summed E-state index contributed by atoms with van der Waals surface area (Å²) in [7, 11) is 1.52. The standard InChI is InChI=1S/C20H23NO5/c1-13(2)15-5-4-6-17(11-15)26-12-18(22)21-19(20(23)24)14-7-9-16(25-3)10-8-14/h4-11,13,19H,12H2,1-3H3,(H,21,22)(H,23,24). The van der Waals surface area contributed by atoms with Gasteiger partial charge in [-0.1, -0.05) is 38.1 Å². The van der Waals surface area contributed by atoms with E-state index in [-0.39, 0.29) is 6.61 Å². The van der Waals surface area contributed by atoms with Gasteiger partial charge in [0.25, 0.3) is 5.91 Å². The Morgan fingerprint density at radius 3 is 2.31 bits per heavy atom. The molecule has 0 heterocycles. The van der Waals surface area contributed by atoms with Gasteiger partial charge in [-0.25, -0.2) is 4.79 Å². The van der Waals surface area contributed by atoms with Gasteiger partial charge < -0.3 is 19.9 Å². The molecule has 26 heavy (non-hydrogen) atoms. The van der Waals surface area contributed by atoms with Crippen LogP contribution in [0.1, 0.15) is 36.9 Å². The Balaban J connectivity index is 1.99. The van der Waals surface area contributed by atoms with Crippen molar-refractivity contribution in [1.29, 1.82) is 0 Å². The Labute approximate surface area is 152 Å². The Morgan fingerprint density at radius 2 is 1.73 bits per heavy atom. The van der Waals surface area contributed by atoms with Crippen molar-refractivity contribution in [3.63, 3.8) is 0 Å². The summed E-state index contributed by atoms with van der Waals surface area (Å²) in [6.45, 7) is 3.87. The molecule has 0 saturated heterocycles. The number of aliphatic carboxylic acids is 1. The van der Waals surface area contributed by atoms with Gasteiger partial charge >= 0.3 is 5.97 Å². The number of carbonyl (C=O) groups excluding carboxylic acids is 1. The zero-order chi connectivity index (χ0) is 19.1. The van der Waals surface area contributed by atoms with Gasteiger partial charge in [-0.15, -0.1) is 0 Å². The molecule has 6 nitrogen and oxygen atoms in total. The van der Waals surface area contributed by atoms with Crippen molar-refractivity contribution in [2.75, 3.05) is 13.7 Å². The molecular formula is C20H23NO5. The largest absolute Gasteiger partial charge is 0.497 e. The molecule has 2 aromatic carbocycles. The normalized spacial score (nSPS) is 11.7. The second kappa shape index (κ2) is 8.89. The van der Waals surface area contributed by atoms with Crippen LogP contribution in [-0.4, -0.2) is 30.7 Å². The fourth-order valence-electron chi connectivity index (χ4n) is 2.40. The highest BCUT2D eigenvalue weighted by molar-refractivity contribution is 5.85. The number of hydrogen-bond donors (Lipinski definition) is 2. The smallest absolute Gasteiger partial charge is 0.330 e. The van der Waals surface area contributed by atoms with Crippen LogP contribution in [0.15, 0.2) is 48.5 Å². The molecule has 0 aliphatic heterocycles. The first-order valence-electron chi connectivity index (χ1n) is 8.29. The number of carboxylic acid groups (broad SMARTS) is 1. The predicted octanol–water partition coefficient (Wildman–Crippen LogP) is 3.14. The van der Waals surface area contributed by atoms with E-state index in [4.69, 9.17) is 9.47 Å². The average molecular weight is 357 g/mol. The van der Waals surface area contributed by atoms with Gasteiger partial charge in [0.2, 0.25) is 0 Å².